The Bertz CT molecular complexity index is 348. The van der Waals surface area contributed by atoms with E-state index < -0.39 is 12.5 Å². The Balaban J connectivity index is 2.33. The monoisotopic (exact) mass is 214 g/mol. The predicted octanol–water partition coefficient (Wildman–Crippen LogP) is -0.327. The van der Waals surface area contributed by atoms with Gasteiger partial charge in [0.15, 0.2) is 23.4 Å². The molecule has 0 aromatic carbocycles. The molecule has 1 aromatic heterocycles. The topological polar surface area (TPSA) is 90.3 Å². The van der Waals surface area contributed by atoms with Crippen LogP contribution in [0.25, 0.3) is 0 Å². The van der Waals surface area contributed by atoms with E-state index in [2.05, 4.69) is 20.6 Å². The summed E-state index contributed by atoms with van der Waals surface area (Å²) in [7, 11) is 0. The highest BCUT2D eigenvalue weighted by molar-refractivity contribution is 7.98. The third kappa shape index (κ3) is 1.61. The summed E-state index contributed by atoms with van der Waals surface area (Å²) >= 11 is 1.41. The Morgan fingerprint density at radius 1 is 1.36 bits per heavy atom. The Morgan fingerprint density at radius 3 is 2.79 bits per heavy atom. The molecule has 0 fully saturated rings. The number of aliphatic hydroxyl groups is 2. The number of aliphatic hydroxyl groups excluding tert-OH is 2. The molecule has 0 saturated heterocycles. The molecule has 14 heavy (non-hydrogen) atoms. The SMILES string of the molecule is CSc1ncc2c(n1)NC(O)C(O)N2. The Kier molecular flexibility index (Phi) is 2.44. The maximum Gasteiger partial charge on any atom is 0.189 e. The van der Waals surface area contributed by atoms with Gasteiger partial charge in [-0.25, -0.2) is 9.97 Å². The van der Waals surface area contributed by atoms with E-state index in [0.29, 0.717) is 16.7 Å². The lowest BCUT2D eigenvalue weighted by molar-refractivity contribution is 0.0522. The smallest absolute Gasteiger partial charge is 0.189 e. The van der Waals surface area contributed by atoms with Crippen LogP contribution in [0.3, 0.4) is 0 Å². The maximum atomic E-state index is 9.30. The summed E-state index contributed by atoms with van der Waals surface area (Å²) in [5, 5.41) is 24.5. The van der Waals surface area contributed by atoms with Gasteiger partial charge in [-0.3, -0.25) is 0 Å². The molecular weight excluding hydrogens is 204 g/mol. The number of hydrogen-bond donors (Lipinski definition) is 4. The van der Waals surface area contributed by atoms with Gasteiger partial charge in [-0.05, 0) is 6.26 Å². The van der Waals surface area contributed by atoms with Crippen LogP contribution in [0, 0.1) is 0 Å². The van der Waals surface area contributed by atoms with Crippen molar-refractivity contribution in [3.8, 4) is 0 Å². The van der Waals surface area contributed by atoms with E-state index in [1.54, 1.807) is 6.20 Å². The van der Waals surface area contributed by atoms with Crippen molar-refractivity contribution in [1.29, 1.82) is 0 Å². The molecule has 76 valence electrons. The molecular formula is C7H10N4O2S. The zero-order valence-corrected chi connectivity index (χ0v) is 8.25. The highest BCUT2D eigenvalue weighted by atomic mass is 32.2. The minimum atomic E-state index is -1.05. The molecule has 7 heteroatoms. The average molecular weight is 214 g/mol. The number of nitrogens with one attached hydrogen (secondary N) is 2. The molecule has 1 aliphatic rings. The van der Waals surface area contributed by atoms with E-state index in [-0.39, 0.29) is 0 Å². The normalized spacial score (nSPS) is 24.8. The first kappa shape index (κ1) is 9.50. The molecule has 0 saturated carbocycles. The lowest BCUT2D eigenvalue weighted by Gasteiger charge is -2.28. The molecule has 1 aliphatic heterocycles. The quantitative estimate of drug-likeness (QED) is 0.376. The molecule has 2 heterocycles. The van der Waals surface area contributed by atoms with E-state index in [1.807, 2.05) is 6.26 Å². The van der Waals surface area contributed by atoms with Crippen molar-refractivity contribution in [2.24, 2.45) is 0 Å². The Morgan fingerprint density at radius 2 is 2.07 bits per heavy atom. The van der Waals surface area contributed by atoms with Crippen LogP contribution in [-0.4, -0.2) is 38.9 Å². The van der Waals surface area contributed by atoms with E-state index in [0.717, 1.165) is 0 Å². The van der Waals surface area contributed by atoms with Crippen LogP contribution in [0.1, 0.15) is 0 Å². The summed E-state index contributed by atoms with van der Waals surface area (Å²) in [6.07, 6.45) is 1.35. The zero-order valence-electron chi connectivity index (χ0n) is 7.43. The van der Waals surface area contributed by atoms with Gasteiger partial charge in [0.25, 0.3) is 0 Å². The molecule has 2 rings (SSSR count). The second-order valence-electron chi connectivity index (χ2n) is 2.80. The van der Waals surface area contributed by atoms with Crippen LogP contribution < -0.4 is 10.6 Å². The van der Waals surface area contributed by atoms with Gasteiger partial charge >= 0.3 is 0 Å². The van der Waals surface area contributed by atoms with Crippen molar-refractivity contribution in [3.05, 3.63) is 6.20 Å². The van der Waals surface area contributed by atoms with Crippen LogP contribution in [0.5, 0.6) is 0 Å². The van der Waals surface area contributed by atoms with E-state index in [9.17, 15) is 10.2 Å². The predicted molar refractivity (Wildman–Crippen MR) is 53.1 cm³/mol. The number of hydrogen-bond acceptors (Lipinski definition) is 7. The van der Waals surface area contributed by atoms with Crippen molar-refractivity contribution in [2.75, 3.05) is 16.9 Å². The lowest BCUT2D eigenvalue weighted by atomic mass is 10.3. The van der Waals surface area contributed by atoms with Crippen LogP contribution >= 0.6 is 11.8 Å². The summed E-state index contributed by atoms with van der Waals surface area (Å²) in [5.41, 5.74) is 0.584. The first-order chi connectivity index (χ1) is 6.70. The molecule has 0 amide bonds. The van der Waals surface area contributed by atoms with Gasteiger partial charge in [-0.15, -0.1) is 0 Å². The highest BCUT2D eigenvalue weighted by Crippen LogP contribution is 2.25. The Labute approximate surface area is 84.8 Å². The fourth-order valence-electron chi connectivity index (χ4n) is 1.14. The van der Waals surface area contributed by atoms with E-state index in [1.165, 1.54) is 11.8 Å². The van der Waals surface area contributed by atoms with Crippen molar-refractivity contribution in [1.82, 2.24) is 9.97 Å². The van der Waals surface area contributed by atoms with Gasteiger partial charge in [0.1, 0.15) is 0 Å². The van der Waals surface area contributed by atoms with Gasteiger partial charge < -0.3 is 20.8 Å². The van der Waals surface area contributed by atoms with Crippen molar-refractivity contribution in [3.63, 3.8) is 0 Å². The first-order valence-electron chi connectivity index (χ1n) is 4.01. The average Bonchev–Trinajstić information content (AvgIpc) is 2.19. The molecule has 4 N–H and O–H groups in total. The summed E-state index contributed by atoms with van der Waals surface area (Å²) < 4.78 is 0. The van der Waals surface area contributed by atoms with Crippen LogP contribution in [0.2, 0.25) is 0 Å². The maximum absolute atomic E-state index is 9.30. The standard InChI is InChI=1S/C7H10N4O2S/c1-14-7-8-2-3-4(11-7)10-6(13)5(12)9-3/h2,5-6,9,12-13H,1H3,(H,8,10,11). The number of anilines is 2. The largest absolute Gasteiger partial charge is 0.369 e. The third-order valence-electron chi connectivity index (χ3n) is 1.84. The molecule has 6 nitrogen and oxygen atoms in total. The molecule has 0 radical (unpaired) electrons. The highest BCUT2D eigenvalue weighted by Gasteiger charge is 2.24. The summed E-state index contributed by atoms with van der Waals surface area (Å²) in [4.78, 5) is 8.15. The summed E-state index contributed by atoms with van der Waals surface area (Å²) in [5.74, 6) is 0.502. The zero-order chi connectivity index (χ0) is 10.1. The van der Waals surface area contributed by atoms with E-state index >= 15 is 0 Å². The molecule has 0 spiro atoms. The van der Waals surface area contributed by atoms with Gasteiger partial charge in [0.05, 0.1) is 11.9 Å². The summed E-state index contributed by atoms with van der Waals surface area (Å²) in [6, 6.07) is 0. The van der Waals surface area contributed by atoms with Gasteiger partial charge in [0, 0.05) is 0 Å². The third-order valence-corrected chi connectivity index (χ3v) is 2.40. The molecule has 2 unspecified atom stereocenters. The number of thioether (sulfide) groups is 1. The fraction of sp³-hybridized carbons (Fsp3) is 0.429. The van der Waals surface area contributed by atoms with Crippen molar-refractivity contribution in [2.45, 2.75) is 17.6 Å². The van der Waals surface area contributed by atoms with Crippen LogP contribution in [0.4, 0.5) is 11.5 Å². The van der Waals surface area contributed by atoms with Crippen molar-refractivity contribution >= 4 is 23.3 Å². The molecule has 0 bridgehead atoms. The van der Waals surface area contributed by atoms with Gasteiger partial charge in [-0.1, -0.05) is 11.8 Å². The molecule has 2 atom stereocenters. The second kappa shape index (κ2) is 3.60. The molecule has 0 aliphatic carbocycles. The second-order valence-corrected chi connectivity index (χ2v) is 3.57. The number of rotatable bonds is 1. The minimum absolute atomic E-state index is 0.502. The lowest BCUT2D eigenvalue weighted by Crippen LogP contribution is -2.43. The van der Waals surface area contributed by atoms with Crippen LogP contribution in [0.15, 0.2) is 11.4 Å². The minimum Gasteiger partial charge on any atom is -0.369 e. The van der Waals surface area contributed by atoms with Crippen LogP contribution in [-0.2, 0) is 0 Å². The first-order valence-corrected chi connectivity index (χ1v) is 5.23. The number of aromatic nitrogens is 2. The molecule has 1 aromatic rings. The number of fused-ring (bicyclic) bond motifs is 1. The number of nitrogens with zero attached hydrogens (tertiary/aromatic N) is 2. The summed E-state index contributed by atoms with van der Waals surface area (Å²) in [6.45, 7) is 0. The van der Waals surface area contributed by atoms with Gasteiger partial charge in [-0.2, -0.15) is 0 Å². The Hall–Kier alpha value is -1.05. The van der Waals surface area contributed by atoms with E-state index in [4.69, 9.17) is 0 Å². The van der Waals surface area contributed by atoms with Gasteiger partial charge in [0.2, 0.25) is 0 Å². The fourth-order valence-corrected chi connectivity index (χ4v) is 1.48. The van der Waals surface area contributed by atoms with Crippen molar-refractivity contribution < 1.29 is 10.2 Å².